The lowest BCUT2D eigenvalue weighted by atomic mass is 10.1. The molecule has 20 heavy (non-hydrogen) atoms. The smallest absolute Gasteiger partial charge is 0.181 e. The van der Waals surface area contributed by atoms with Gasteiger partial charge in [-0.1, -0.05) is 0 Å². The number of anilines is 1. The Morgan fingerprint density at radius 3 is 2.70 bits per heavy atom. The molecule has 0 spiro atoms. The summed E-state index contributed by atoms with van der Waals surface area (Å²) in [6, 6.07) is 7.73. The van der Waals surface area contributed by atoms with E-state index in [0.717, 1.165) is 29.9 Å². The predicted molar refractivity (Wildman–Crippen MR) is 77.2 cm³/mol. The highest BCUT2D eigenvalue weighted by molar-refractivity contribution is 7.91. The summed E-state index contributed by atoms with van der Waals surface area (Å²) in [5, 5.41) is 3.28. The quantitative estimate of drug-likeness (QED) is 0.940. The van der Waals surface area contributed by atoms with Gasteiger partial charge in [0.2, 0.25) is 0 Å². The number of hydrogen-bond donors (Lipinski definition) is 1. The highest BCUT2D eigenvalue weighted by Crippen LogP contribution is 2.22. The summed E-state index contributed by atoms with van der Waals surface area (Å²) in [5.41, 5.74) is 1.87. The van der Waals surface area contributed by atoms with Crippen LogP contribution >= 0.6 is 0 Å². The Balaban J connectivity index is 1.69. The van der Waals surface area contributed by atoms with Gasteiger partial charge in [0.25, 0.3) is 0 Å². The van der Waals surface area contributed by atoms with E-state index in [9.17, 15) is 8.42 Å². The summed E-state index contributed by atoms with van der Waals surface area (Å²) in [5.74, 6) is 1.25. The highest BCUT2D eigenvalue weighted by Gasteiger charge is 2.24. The van der Waals surface area contributed by atoms with Crippen LogP contribution in [0.2, 0.25) is 0 Å². The predicted octanol–water partition coefficient (Wildman–Crippen LogP) is 2.33. The maximum atomic E-state index is 11.6. The molecule has 1 atom stereocenters. The van der Waals surface area contributed by atoms with E-state index in [4.69, 9.17) is 4.42 Å². The molecule has 1 fully saturated rings. The first kappa shape index (κ1) is 13.2. The van der Waals surface area contributed by atoms with Crippen molar-refractivity contribution in [2.45, 2.75) is 18.9 Å². The van der Waals surface area contributed by atoms with Crippen molar-refractivity contribution in [1.29, 1.82) is 0 Å². The zero-order valence-corrected chi connectivity index (χ0v) is 11.8. The lowest BCUT2D eigenvalue weighted by molar-refractivity contribution is 0.562. The van der Waals surface area contributed by atoms with Crippen LogP contribution in [-0.4, -0.2) is 30.9 Å². The third-order valence-corrected chi connectivity index (χ3v) is 5.26. The number of benzene rings is 1. The number of oxazole rings is 1. The topological polar surface area (TPSA) is 72.2 Å². The van der Waals surface area contributed by atoms with Gasteiger partial charge in [0.05, 0.1) is 17.7 Å². The van der Waals surface area contributed by atoms with E-state index in [1.54, 1.807) is 6.20 Å². The van der Waals surface area contributed by atoms with Crippen LogP contribution < -0.4 is 5.32 Å². The van der Waals surface area contributed by atoms with E-state index in [2.05, 4.69) is 10.3 Å². The molecule has 1 saturated heterocycles. The second kappa shape index (κ2) is 5.28. The Labute approximate surface area is 117 Å². The monoisotopic (exact) mass is 292 g/mol. The van der Waals surface area contributed by atoms with Crippen molar-refractivity contribution in [2.24, 2.45) is 0 Å². The minimum Gasteiger partial charge on any atom is -0.444 e. The average Bonchev–Trinajstić information content (AvgIpc) is 2.92. The Hall–Kier alpha value is -1.82. The van der Waals surface area contributed by atoms with E-state index in [0.29, 0.717) is 5.75 Å². The van der Waals surface area contributed by atoms with E-state index < -0.39 is 9.84 Å². The number of aromatic nitrogens is 1. The molecular weight excluding hydrogens is 276 g/mol. The average molecular weight is 292 g/mol. The van der Waals surface area contributed by atoms with Gasteiger partial charge in [-0.3, -0.25) is 0 Å². The summed E-state index contributed by atoms with van der Waals surface area (Å²) >= 11 is 0. The number of nitrogens with one attached hydrogen (secondary N) is 1. The first-order valence-corrected chi connectivity index (χ1v) is 8.40. The maximum Gasteiger partial charge on any atom is 0.181 e. The van der Waals surface area contributed by atoms with Crippen LogP contribution in [-0.2, 0) is 9.84 Å². The maximum absolute atomic E-state index is 11.6. The zero-order valence-electron chi connectivity index (χ0n) is 11.0. The minimum absolute atomic E-state index is 0.00452. The second-order valence-electron chi connectivity index (χ2n) is 5.04. The van der Waals surface area contributed by atoms with Crippen LogP contribution in [0.4, 0.5) is 5.69 Å². The zero-order chi connectivity index (χ0) is 14.0. The Kier molecular flexibility index (Phi) is 3.48. The van der Waals surface area contributed by atoms with E-state index in [-0.39, 0.29) is 11.8 Å². The SMILES string of the molecule is O=S1(=O)CCCC(Nc2ccc(-c3cnco3)cc2)C1. The molecule has 3 rings (SSSR count). The normalized spacial score (nSPS) is 21.5. The molecule has 1 unspecified atom stereocenters. The van der Waals surface area contributed by atoms with E-state index in [1.165, 1.54) is 6.39 Å². The largest absolute Gasteiger partial charge is 0.444 e. The van der Waals surface area contributed by atoms with Gasteiger partial charge in [-0.25, -0.2) is 13.4 Å². The first-order valence-electron chi connectivity index (χ1n) is 6.58. The molecule has 1 aromatic heterocycles. The molecule has 0 aliphatic carbocycles. The summed E-state index contributed by atoms with van der Waals surface area (Å²) in [6.45, 7) is 0. The molecule has 1 aliphatic rings. The van der Waals surface area contributed by atoms with Gasteiger partial charge in [0.1, 0.15) is 0 Å². The third kappa shape index (κ3) is 3.01. The number of hydrogen-bond acceptors (Lipinski definition) is 5. The molecule has 2 aromatic rings. The second-order valence-corrected chi connectivity index (χ2v) is 7.27. The van der Waals surface area contributed by atoms with E-state index in [1.807, 2.05) is 24.3 Å². The van der Waals surface area contributed by atoms with Crippen molar-refractivity contribution in [2.75, 3.05) is 16.8 Å². The van der Waals surface area contributed by atoms with Gasteiger partial charge < -0.3 is 9.73 Å². The molecule has 106 valence electrons. The van der Waals surface area contributed by atoms with Crippen molar-refractivity contribution in [3.8, 4) is 11.3 Å². The van der Waals surface area contributed by atoms with Crippen molar-refractivity contribution in [1.82, 2.24) is 4.98 Å². The van der Waals surface area contributed by atoms with Crippen LogP contribution in [0.15, 0.2) is 41.3 Å². The molecule has 0 radical (unpaired) electrons. The Bertz CT molecular complexity index is 663. The summed E-state index contributed by atoms with van der Waals surface area (Å²) in [7, 11) is -2.88. The first-order chi connectivity index (χ1) is 9.62. The lowest BCUT2D eigenvalue weighted by Crippen LogP contribution is -2.34. The van der Waals surface area contributed by atoms with Gasteiger partial charge in [-0.15, -0.1) is 0 Å². The molecule has 1 N–H and O–H groups in total. The fourth-order valence-corrected chi connectivity index (χ4v) is 4.10. The molecule has 0 saturated carbocycles. The van der Waals surface area contributed by atoms with Gasteiger partial charge in [0.15, 0.2) is 22.0 Å². The Morgan fingerprint density at radius 2 is 2.05 bits per heavy atom. The summed E-state index contributed by atoms with van der Waals surface area (Å²) in [6.07, 6.45) is 4.68. The molecule has 1 aliphatic heterocycles. The molecular formula is C14H16N2O3S. The Morgan fingerprint density at radius 1 is 1.25 bits per heavy atom. The molecule has 2 heterocycles. The number of nitrogens with zero attached hydrogens (tertiary/aromatic N) is 1. The van der Waals surface area contributed by atoms with Gasteiger partial charge in [0, 0.05) is 17.3 Å². The molecule has 0 amide bonds. The van der Waals surface area contributed by atoms with Crippen LogP contribution in [0.1, 0.15) is 12.8 Å². The lowest BCUT2D eigenvalue weighted by Gasteiger charge is -2.24. The van der Waals surface area contributed by atoms with Crippen LogP contribution in [0.3, 0.4) is 0 Å². The summed E-state index contributed by atoms with van der Waals surface area (Å²) in [4.78, 5) is 3.88. The molecule has 1 aromatic carbocycles. The van der Waals surface area contributed by atoms with Crippen LogP contribution in [0, 0.1) is 0 Å². The number of rotatable bonds is 3. The standard InChI is InChI=1S/C14H16N2O3S/c17-20(18)7-1-2-13(9-20)16-12-5-3-11(4-6-12)14-8-15-10-19-14/h3-6,8,10,13,16H,1-2,7,9H2. The van der Waals surface area contributed by atoms with Crippen molar-refractivity contribution in [3.63, 3.8) is 0 Å². The van der Waals surface area contributed by atoms with E-state index >= 15 is 0 Å². The van der Waals surface area contributed by atoms with Gasteiger partial charge >= 0.3 is 0 Å². The fourth-order valence-electron chi connectivity index (χ4n) is 2.46. The molecule has 6 heteroatoms. The summed E-state index contributed by atoms with van der Waals surface area (Å²) < 4.78 is 28.4. The minimum atomic E-state index is -2.88. The number of sulfone groups is 1. The molecule has 0 bridgehead atoms. The van der Waals surface area contributed by atoms with Crippen molar-refractivity contribution < 1.29 is 12.8 Å². The third-order valence-electron chi connectivity index (χ3n) is 3.44. The van der Waals surface area contributed by atoms with Crippen LogP contribution in [0.5, 0.6) is 0 Å². The van der Waals surface area contributed by atoms with Crippen molar-refractivity contribution in [3.05, 3.63) is 36.9 Å². The van der Waals surface area contributed by atoms with Gasteiger partial charge in [-0.05, 0) is 37.1 Å². The van der Waals surface area contributed by atoms with Crippen LogP contribution in [0.25, 0.3) is 11.3 Å². The highest BCUT2D eigenvalue weighted by atomic mass is 32.2. The molecule has 5 nitrogen and oxygen atoms in total. The van der Waals surface area contributed by atoms with Crippen molar-refractivity contribution >= 4 is 15.5 Å². The van der Waals surface area contributed by atoms with Gasteiger partial charge in [-0.2, -0.15) is 0 Å². The fraction of sp³-hybridized carbons (Fsp3) is 0.357.